The van der Waals surface area contributed by atoms with Crippen LogP contribution in [-0.4, -0.2) is 20.3 Å². The van der Waals surface area contributed by atoms with E-state index in [0.717, 1.165) is 16.0 Å². The van der Waals surface area contributed by atoms with Gasteiger partial charge in [0.1, 0.15) is 0 Å². The normalized spacial score (nSPS) is 10.3. The Morgan fingerprint density at radius 2 is 2.08 bits per heavy atom. The number of ether oxygens (including phenoxy) is 2. The lowest BCUT2D eigenvalue weighted by Gasteiger charge is -2.13. The summed E-state index contributed by atoms with van der Waals surface area (Å²) >= 11 is 1.58. The molecule has 130 valence electrons. The fourth-order valence-electron chi connectivity index (χ4n) is 2.37. The average molecular weight is 358 g/mol. The third kappa shape index (κ3) is 3.95. The van der Waals surface area contributed by atoms with E-state index in [1.807, 2.05) is 17.5 Å². The number of hydrogen-bond acceptors (Lipinski definition) is 5. The zero-order valence-corrected chi connectivity index (χ0v) is 14.7. The van der Waals surface area contributed by atoms with Crippen LogP contribution >= 0.6 is 11.3 Å². The minimum atomic E-state index is -0.315. The first kappa shape index (κ1) is 16.9. The van der Waals surface area contributed by atoms with Gasteiger partial charge in [-0.05, 0) is 35.2 Å². The van der Waals surface area contributed by atoms with E-state index >= 15 is 0 Å². The lowest BCUT2D eigenvalue weighted by Crippen LogP contribution is -2.28. The molecule has 3 aromatic rings. The van der Waals surface area contributed by atoms with Gasteiger partial charge in [0.2, 0.25) is 0 Å². The Labute approximate surface area is 149 Å². The van der Waals surface area contributed by atoms with E-state index in [0.29, 0.717) is 23.7 Å². The summed E-state index contributed by atoms with van der Waals surface area (Å²) < 4.78 is 15.6. The summed E-state index contributed by atoms with van der Waals surface area (Å²) in [6.07, 6.45) is 3.33. The van der Waals surface area contributed by atoms with Crippen LogP contribution in [0.25, 0.3) is 11.1 Å². The van der Waals surface area contributed by atoms with Crippen LogP contribution in [0.4, 0.5) is 10.5 Å². The number of carbonyl (C=O) groups is 1. The van der Waals surface area contributed by atoms with Crippen molar-refractivity contribution in [2.75, 3.05) is 19.5 Å². The maximum Gasteiger partial charge on any atom is 0.319 e. The molecule has 0 atom stereocenters. The number of furan rings is 1. The van der Waals surface area contributed by atoms with Gasteiger partial charge in [-0.1, -0.05) is 6.07 Å². The van der Waals surface area contributed by atoms with Crippen molar-refractivity contribution in [2.45, 2.75) is 6.54 Å². The van der Waals surface area contributed by atoms with E-state index in [-0.39, 0.29) is 6.03 Å². The number of urea groups is 1. The number of thiophene rings is 1. The fraction of sp³-hybridized carbons (Fsp3) is 0.167. The number of methoxy groups -OCH3 is 2. The molecule has 6 nitrogen and oxygen atoms in total. The second-order valence-electron chi connectivity index (χ2n) is 5.16. The molecule has 25 heavy (non-hydrogen) atoms. The highest BCUT2D eigenvalue weighted by Crippen LogP contribution is 2.34. The fourth-order valence-corrected chi connectivity index (χ4v) is 3.21. The Balaban J connectivity index is 1.60. The summed E-state index contributed by atoms with van der Waals surface area (Å²) in [5.74, 6) is 1.04. The van der Waals surface area contributed by atoms with Crippen LogP contribution in [0.1, 0.15) is 4.88 Å². The molecule has 7 heteroatoms. The van der Waals surface area contributed by atoms with E-state index in [1.54, 1.807) is 49.2 Å². The van der Waals surface area contributed by atoms with Crippen LogP contribution in [0.3, 0.4) is 0 Å². The maximum absolute atomic E-state index is 12.2. The standard InChI is InChI=1S/C18H18N2O4S/c1-22-16-5-3-4-15(17(16)23-2)20-18(21)19-9-14-8-13(11-25-14)12-6-7-24-10-12/h3-8,10-11H,9H2,1-2H3,(H2,19,20,21). The molecule has 1 aromatic carbocycles. The summed E-state index contributed by atoms with van der Waals surface area (Å²) in [6.45, 7) is 0.431. The molecule has 0 aliphatic heterocycles. The predicted molar refractivity (Wildman–Crippen MR) is 97.4 cm³/mol. The van der Waals surface area contributed by atoms with Crippen molar-refractivity contribution in [3.8, 4) is 22.6 Å². The first-order valence-electron chi connectivity index (χ1n) is 7.57. The monoisotopic (exact) mass is 358 g/mol. The summed E-state index contributed by atoms with van der Waals surface area (Å²) in [7, 11) is 3.08. The first-order valence-corrected chi connectivity index (χ1v) is 8.45. The lowest BCUT2D eigenvalue weighted by atomic mass is 10.2. The number of anilines is 1. The molecule has 0 radical (unpaired) electrons. The van der Waals surface area contributed by atoms with Crippen molar-refractivity contribution < 1.29 is 18.7 Å². The minimum absolute atomic E-state index is 0.315. The summed E-state index contributed by atoms with van der Waals surface area (Å²) in [5.41, 5.74) is 2.64. The third-order valence-corrected chi connectivity index (χ3v) is 4.52. The molecule has 2 amide bonds. The van der Waals surface area contributed by atoms with Gasteiger partial charge in [-0.3, -0.25) is 0 Å². The van der Waals surface area contributed by atoms with E-state index in [1.165, 1.54) is 7.11 Å². The SMILES string of the molecule is COc1cccc(NC(=O)NCc2cc(-c3ccoc3)cs2)c1OC. The smallest absolute Gasteiger partial charge is 0.319 e. The van der Waals surface area contributed by atoms with E-state index in [4.69, 9.17) is 13.9 Å². The molecule has 3 rings (SSSR count). The van der Waals surface area contributed by atoms with Crippen molar-refractivity contribution in [3.05, 3.63) is 53.1 Å². The summed E-state index contributed by atoms with van der Waals surface area (Å²) in [5, 5.41) is 7.64. The Hall–Kier alpha value is -2.93. The number of rotatable bonds is 6. The maximum atomic E-state index is 12.2. The molecule has 0 saturated heterocycles. The number of nitrogens with one attached hydrogen (secondary N) is 2. The highest BCUT2D eigenvalue weighted by molar-refractivity contribution is 7.10. The third-order valence-electron chi connectivity index (χ3n) is 3.58. The Bertz CT molecular complexity index is 843. The molecular weight excluding hydrogens is 340 g/mol. The Morgan fingerprint density at radius 3 is 2.80 bits per heavy atom. The second kappa shape index (κ2) is 7.76. The molecular formula is C18H18N2O4S. The Morgan fingerprint density at radius 1 is 1.20 bits per heavy atom. The molecule has 0 fully saturated rings. The average Bonchev–Trinajstić information content (AvgIpc) is 3.31. The van der Waals surface area contributed by atoms with Crippen LogP contribution in [0.5, 0.6) is 11.5 Å². The van der Waals surface area contributed by atoms with Gasteiger partial charge in [0, 0.05) is 10.4 Å². The zero-order valence-electron chi connectivity index (χ0n) is 13.9. The minimum Gasteiger partial charge on any atom is -0.493 e. The van der Waals surface area contributed by atoms with Gasteiger partial charge in [-0.15, -0.1) is 11.3 Å². The molecule has 0 spiro atoms. The Kier molecular flexibility index (Phi) is 5.25. The topological polar surface area (TPSA) is 72.7 Å². The van der Waals surface area contributed by atoms with Gasteiger partial charge in [0.25, 0.3) is 0 Å². The van der Waals surface area contributed by atoms with Gasteiger partial charge >= 0.3 is 6.03 Å². The number of hydrogen-bond donors (Lipinski definition) is 2. The summed E-state index contributed by atoms with van der Waals surface area (Å²) in [4.78, 5) is 13.2. The van der Waals surface area contributed by atoms with Crippen molar-refractivity contribution in [2.24, 2.45) is 0 Å². The van der Waals surface area contributed by atoms with E-state index in [9.17, 15) is 4.79 Å². The number of para-hydroxylation sites is 1. The van der Waals surface area contributed by atoms with Gasteiger partial charge < -0.3 is 24.5 Å². The summed E-state index contributed by atoms with van der Waals surface area (Å²) in [6, 6.07) is 8.93. The molecule has 2 aromatic heterocycles. The first-order chi connectivity index (χ1) is 12.2. The van der Waals surface area contributed by atoms with Crippen LogP contribution in [-0.2, 0) is 6.54 Å². The molecule has 2 heterocycles. The number of amides is 2. The molecule has 0 aliphatic carbocycles. The van der Waals surface area contributed by atoms with Gasteiger partial charge in [0.15, 0.2) is 11.5 Å². The number of benzene rings is 1. The quantitative estimate of drug-likeness (QED) is 0.687. The van der Waals surface area contributed by atoms with Crippen LogP contribution in [0.2, 0.25) is 0 Å². The molecule has 0 bridgehead atoms. The lowest BCUT2D eigenvalue weighted by molar-refractivity contribution is 0.251. The van der Waals surface area contributed by atoms with Crippen molar-refractivity contribution in [3.63, 3.8) is 0 Å². The van der Waals surface area contributed by atoms with Gasteiger partial charge in [0.05, 0.1) is 39.0 Å². The van der Waals surface area contributed by atoms with Crippen molar-refractivity contribution in [1.29, 1.82) is 0 Å². The molecule has 0 unspecified atom stereocenters. The van der Waals surface area contributed by atoms with Crippen molar-refractivity contribution >= 4 is 23.1 Å². The highest BCUT2D eigenvalue weighted by atomic mass is 32.1. The van der Waals surface area contributed by atoms with Crippen LogP contribution < -0.4 is 20.1 Å². The van der Waals surface area contributed by atoms with Gasteiger partial charge in [-0.25, -0.2) is 4.79 Å². The highest BCUT2D eigenvalue weighted by Gasteiger charge is 2.12. The van der Waals surface area contributed by atoms with Crippen molar-refractivity contribution in [1.82, 2.24) is 5.32 Å². The van der Waals surface area contributed by atoms with E-state index < -0.39 is 0 Å². The molecule has 2 N–H and O–H groups in total. The largest absolute Gasteiger partial charge is 0.493 e. The predicted octanol–water partition coefficient (Wildman–Crippen LogP) is 4.35. The number of carbonyl (C=O) groups excluding carboxylic acids is 1. The molecule has 0 saturated carbocycles. The van der Waals surface area contributed by atoms with E-state index in [2.05, 4.69) is 10.6 Å². The van der Waals surface area contributed by atoms with Crippen LogP contribution in [0.15, 0.2) is 52.7 Å². The zero-order chi connectivity index (χ0) is 17.6. The van der Waals surface area contributed by atoms with Gasteiger partial charge in [-0.2, -0.15) is 0 Å². The molecule has 0 aliphatic rings. The van der Waals surface area contributed by atoms with Crippen LogP contribution in [0, 0.1) is 0 Å². The second-order valence-corrected chi connectivity index (χ2v) is 6.16.